The molecule has 0 radical (unpaired) electrons. The summed E-state index contributed by atoms with van der Waals surface area (Å²) in [7, 11) is 1.28. The lowest BCUT2D eigenvalue weighted by Gasteiger charge is -2.28. The number of alkyl halides is 6. The summed E-state index contributed by atoms with van der Waals surface area (Å²) in [5, 5.41) is 0. The van der Waals surface area contributed by atoms with Gasteiger partial charge in [-0.05, 0) is 42.5 Å². The number of halogens is 6. The molecule has 1 heterocycles. The Bertz CT molecular complexity index is 876. The molecule has 27 heavy (non-hydrogen) atoms. The maximum absolute atomic E-state index is 13.0. The van der Waals surface area contributed by atoms with Crippen LogP contribution in [0.2, 0.25) is 0 Å². The highest BCUT2D eigenvalue weighted by Crippen LogP contribution is 2.38. The van der Waals surface area contributed by atoms with Crippen molar-refractivity contribution in [1.29, 1.82) is 0 Å². The van der Waals surface area contributed by atoms with Crippen LogP contribution in [0.4, 0.5) is 26.3 Å². The number of carbonyl (C=O) groups excluding carboxylic acids is 2. The van der Waals surface area contributed by atoms with Gasteiger partial charge in [0.25, 0.3) is 5.91 Å². The molecule has 0 saturated heterocycles. The predicted octanol–water partition coefficient (Wildman–Crippen LogP) is 3.38. The van der Waals surface area contributed by atoms with Crippen LogP contribution in [-0.4, -0.2) is 35.0 Å². The van der Waals surface area contributed by atoms with E-state index in [1.54, 1.807) is 0 Å². The zero-order valence-corrected chi connectivity index (χ0v) is 13.5. The molecule has 0 N–H and O–H groups in total. The number of hydrogen-bond acceptors (Lipinski definition) is 3. The van der Waals surface area contributed by atoms with Crippen LogP contribution in [0.3, 0.4) is 0 Å². The van der Waals surface area contributed by atoms with E-state index in [2.05, 4.69) is 4.99 Å². The van der Waals surface area contributed by atoms with Gasteiger partial charge in [0.15, 0.2) is 11.4 Å². The molecule has 0 bridgehead atoms. The Morgan fingerprint density at radius 3 is 1.81 bits per heavy atom. The molecule has 2 aliphatic rings. The van der Waals surface area contributed by atoms with Gasteiger partial charge in [0, 0.05) is 12.6 Å². The average molecular weight is 388 g/mol. The topological polar surface area (TPSA) is 49.7 Å². The zero-order valence-electron chi connectivity index (χ0n) is 13.5. The van der Waals surface area contributed by atoms with Gasteiger partial charge >= 0.3 is 12.4 Å². The highest BCUT2D eigenvalue weighted by Gasteiger charge is 2.44. The molecule has 0 atom stereocenters. The lowest BCUT2D eigenvalue weighted by atomic mass is 10.0. The lowest BCUT2D eigenvalue weighted by molar-refractivity contribution is -0.143. The Morgan fingerprint density at radius 1 is 0.889 bits per heavy atom. The smallest absolute Gasteiger partial charge is 0.309 e. The van der Waals surface area contributed by atoms with Crippen molar-refractivity contribution in [3.05, 3.63) is 59.2 Å². The molecular weight excluding hydrogens is 378 g/mol. The summed E-state index contributed by atoms with van der Waals surface area (Å²) in [6, 6.07) is 0.864. The van der Waals surface area contributed by atoms with E-state index in [4.69, 9.17) is 0 Å². The molecular formula is C17H10F6N2O2. The van der Waals surface area contributed by atoms with Crippen molar-refractivity contribution in [2.75, 3.05) is 7.05 Å². The number of hydrogen-bond donors (Lipinski definition) is 0. The van der Waals surface area contributed by atoms with Crippen molar-refractivity contribution in [2.24, 2.45) is 4.99 Å². The molecule has 4 nitrogen and oxygen atoms in total. The van der Waals surface area contributed by atoms with E-state index >= 15 is 0 Å². The number of nitrogens with zero attached hydrogens (tertiary/aromatic N) is 2. The fraction of sp³-hybridized carbons (Fsp3) is 0.235. The van der Waals surface area contributed by atoms with Crippen LogP contribution in [0.5, 0.6) is 0 Å². The van der Waals surface area contributed by atoms with Gasteiger partial charge < -0.3 is 4.90 Å². The summed E-state index contributed by atoms with van der Waals surface area (Å²) < 4.78 is 78.2. The van der Waals surface area contributed by atoms with Gasteiger partial charge in [-0.1, -0.05) is 0 Å². The van der Waals surface area contributed by atoms with E-state index in [9.17, 15) is 35.9 Å². The first-order chi connectivity index (χ1) is 12.3. The van der Waals surface area contributed by atoms with Crippen LogP contribution in [0.25, 0.3) is 0 Å². The SMILES string of the molecule is CN1C(=O)C(c2cc(C(F)(F)F)cc(C(F)(F)F)c2)=NC12C=CC(=O)C=C2. The molecule has 0 fully saturated rings. The van der Waals surface area contributed by atoms with Crippen LogP contribution in [0.1, 0.15) is 16.7 Å². The van der Waals surface area contributed by atoms with Gasteiger partial charge in [-0.2, -0.15) is 26.3 Å². The van der Waals surface area contributed by atoms with Gasteiger partial charge in [-0.3, -0.25) is 9.59 Å². The van der Waals surface area contributed by atoms with Crippen LogP contribution in [-0.2, 0) is 21.9 Å². The molecule has 3 rings (SSSR count). The number of allylic oxidation sites excluding steroid dienone is 2. The summed E-state index contributed by atoms with van der Waals surface area (Å²) in [6.07, 6.45) is -5.36. The third-order valence-electron chi connectivity index (χ3n) is 4.18. The molecule has 142 valence electrons. The molecule has 1 amide bonds. The second kappa shape index (κ2) is 5.80. The minimum atomic E-state index is -5.04. The molecule has 0 aromatic heterocycles. The average Bonchev–Trinajstić information content (AvgIpc) is 2.81. The van der Waals surface area contributed by atoms with Crippen molar-refractivity contribution in [3.63, 3.8) is 0 Å². The molecule has 0 unspecified atom stereocenters. The summed E-state index contributed by atoms with van der Waals surface area (Å²) in [5.74, 6) is -1.25. The first-order valence-electron chi connectivity index (χ1n) is 7.44. The van der Waals surface area contributed by atoms with Gasteiger partial charge in [-0.15, -0.1) is 0 Å². The summed E-state index contributed by atoms with van der Waals surface area (Å²) in [4.78, 5) is 28.8. The summed E-state index contributed by atoms with van der Waals surface area (Å²) in [6.45, 7) is 0. The molecule has 10 heteroatoms. The molecule has 1 aromatic rings. The van der Waals surface area contributed by atoms with Gasteiger partial charge in [0.1, 0.15) is 5.71 Å². The van der Waals surface area contributed by atoms with Crippen LogP contribution in [0.15, 0.2) is 47.5 Å². The molecule has 1 aromatic carbocycles. The number of likely N-dealkylation sites (N-methyl/N-ethyl adjacent to an activating group) is 1. The van der Waals surface area contributed by atoms with Gasteiger partial charge in [0.2, 0.25) is 0 Å². The molecule has 1 aliphatic heterocycles. The Labute approximate surface area is 148 Å². The van der Waals surface area contributed by atoms with Crippen molar-refractivity contribution in [2.45, 2.75) is 18.0 Å². The van der Waals surface area contributed by atoms with E-state index in [0.29, 0.717) is 12.1 Å². The number of ketones is 1. The van der Waals surface area contributed by atoms with E-state index < -0.39 is 46.3 Å². The third kappa shape index (κ3) is 3.26. The van der Waals surface area contributed by atoms with Gasteiger partial charge in [-0.25, -0.2) is 4.99 Å². The first kappa shape index (κ1) is 18.9. The first-order valence-corrected chi connectivity index (χ1v) is 7.44. The minimum absolute atomic E-state index is 0.0257. The second-order valence-electron chi connectivity index (χ2n) is 5.97. The normalized spacial score (nSPS) is 19.2. The second-order valence-corrected chi connectivity index (χ2v) is 5.97. The van der Waals surface area contributed by atoms with Crippen molar-refractivity contribution in [3.8, 4) is 0 Å². The predicted molar refractivity (Wildman–Crippen MR) is 81.8 cm³/mol. The zero-order chi connectivity index (χ0) is 20.2. The monoisotopic (exact) mass is 388 g/mol. The van der Waals surface area contributed by atoms with Crippen LogP contribution >= 0.6 is 0 Å². The van der Waals surface area contributed by atoms with E-state index in [-0.39, 0.29) is 11.8 Å². The van der Waals surface area contributed by atoms with Crippen LogP contribution in [0, 0.1) is 0 Å². The van der Waals surface area contributed by atoms with Crippen LogP contribution < -0.4 is 0 Å². The quantitative estimate of drug-likeness (QED) is 0.693. The number of rotatable bonds is 1. The maximum Gasteiger partial charge on any atom is 0.416 e. The van der Waals surface area contributed by atoms with Crippen molar-refractivity contribution < 1.29 is 35.9 Å². The summed E-state index contributed by atoms with van der Waals surface area (Å²) >= 11 is 0. The highest BCUT2D eigenvalue weighted by atomic mass is 19.4. The minimum Gasteiger partial charge on any atom is -0.309 e. The third-order valence-corrected chi connectivity index (χ3v) is 4.18. The highest BCUT2D eigenvalue weighted by molar-refractivity contribution is 6.47. The van der Waals surface area contributed by atoms with E-state index in [0.717, 1.165) is 17.1 Å². The number of aliphatic imine (C=N–C) groups is 1. The largest absolute Gasteiger partial charge is 0.416 e. The standard InChI is InChI=1S/C17H10F6N2O2/c1-25-14(27)13(24-15(25)4-2-12(26)3-5-15)9-6-10(16(18,19)20)8-11(7-9)17(21,22)23/h2-8H,1H3. The maximum atomic E-state index is 13.0. The van der Waals surface area contributed by atoms with E-state index in [1.807, 2.05) is 0 Å². The summed E-state index contributed by atoms with van der Waals surface area (Å²) in [5.41, 5.74) is -5.72. The van der Waals surface area contributed by atoms with Crippen molar-refractivity contribution in [1.82, 2.24) is 4.90 Å². The Hall–Kier alpha value is -2.91. The number of benzene rings is 1. The molecule has 0 saturated carbocycles. The molecule has 1 aliphatic carbocycles. The number of amides is 1. The fourth-order valence-electron chi connectivity index (χ4n) is 2.72. The Morgan fingerprint density at radius 2 is 1.37 bits per heavy atom. The van der Waals surface area contributed by atoms with Crippen molar-refractivity contribution >= 4 is 17.4 Å². The van der Waals surface area contributed by atoms with E-state index in [1.165, 1.54) is 19.2 Å². The fourth-order valence-corrected chi connectivity index (χ4v) is 2.72. The number of carbonyl (C=O) groups is 2. The van der Waals surface area contributed by atoms with Gasteiger partial charge in [0.05, 0.1) is 11.1 Å². The Balaban J connectivity index is 2.18. The lowest BCUT2D eigenvalue weighted by Crippen LogP contribution is -2.42. The Kier molecular flexibility index (Phi) is 4.05. The molecule has 1 spiro atoms.